The van der Waals surface area contributed by atoms with Crippen LogP contribution in [0, 0.1) is 0 Å². The Hall–Kier alpha value is -0.341. The molecule has 0 bridgehead atoms. The number of hydrogen-bond donors (Lipinski definition) is 0. The molecule has 1 aromatic rings. The third kappa shape index (κ3) is 6.55. The first-order chi connectivity index (χ1) is 8.43. The molecule has 0 unspecified atom stereocenters. The molecule has 2 nitrogen and oxygen atoms in total. The van der Waals surface area contributed by atoms with E-state index in [0.29, 0.717) is 11.6 Å². The van der Waals surface area contributed by atoms with E-state index in [1.165, 1.54) is 12.5 Å². The van der Waals surface area contributed by atoms with E-state index >= 15 is 0 Å². The van der Waals surface area contributed by atoms with E-state index in [0.717, 1.165) is 5.69 Å². The van der Waals surface area contributed by atoms with Crippen LogP contribution in [0.3, 0.4) is 0 Å². The van der Waals surface area contributed by atoms with Crippen LogP contribution in [0.4, 0.5) is 5.69 Å². The Morgan fingerprint density at radius 1 is 1.22 bits per heavy atom. The monoisotopic (exact) mass is 329 g/mol. The van der Waals surface area contributed by atoms with Gasteiger partial charge in [-0.15, -0.1) is 0 Å². The molecule has 0 fully saturated rings. The van der Waals surface area contributed by atoms with Crippen LogP contribution in [0.25, 0.3) is 0 Å². The van der Waals surface area contributed by atoms with Gasteiger partial charge < -0.3 is 0 Å². The number of hydrogen-bond acceptors (Lipinski definition) is 2. The van der Waals surface area contributed by atoms with Crippen LogP contribution in [-0.4, -0.2) is 11.5 Å². The van der Waals surface area contributed by atoms with Crippen LogP contribution >= 0.6 is 20.2 Å². The Morgan fingerprint density at radius 3 is 2.17 bits per heavy atom. The summed E-state index contributed by atoms with van der Waals surface area (Å²) in [6.07, 6.45) is 0. The van der Waals surface area contributed by atoms with Crippen molar-refractivity contribution >= 4 is 37.4 Å². The first-order valence-corrected chi connectivity index (χ1v) is 8.48. The molecule has 0 aromatic heterocycles. The summed E-state index contributed by atoms with van der Waals surface area (Å²) in [6.45, 7) is 7.53. The van der Waals surface area contributed by atoms with Crippen molar-refractivity contribution in [1.29, 1.82) is 0 Å². The summed E-state index contributed by atoms with van der Waals surface area (Å²) in [5.41, 5.74) is 2.64. The second-order valence-corrected chi connectivity index (χ2v) is 5.84. The number of carbonyl (C=O) groups is 1. The molecule has 0 aliphatic heterocycles. The summed E-state index contributed by atoms with van der Waals surface area (Å²) >= 11 is 0.194. The molecular formula is C13H17Cl2FeNO. The molecule has 102 valence electrons. The van der Waals surface area contributed by atoms with E-state index < -0.39 is 0 Å². The molecule has 0 saturated heterocycles. The van der Waals surface area contributed by atoms with Gasteiger partial charge in [0.2, 0.25) is 0 Å². The molecule has 1 aromatic carbocycles. The van der Waals surface area contributed by atoms with Gasteiger partial charge in [0.15, 0.2) is 5.78 Å². The number of Topliss-reactive ketones (excluding diaryl/α,β-unsaturated/α-hetero) is 1. The fourth-order valence-electron chi connectivity index (χ4n) is 1.34. The minimum absolute atomic E-state index is 0.0218. The number of benzene rings is 1. The molecule has 0 aliphatic rings. The standard InChI is InChI=1S/C13H17NO.2ClH.Fe/c1-9(2)12-7-5-6-8-13(12)14-10(3)11(4)15;;;/h5-9H,1-4H3;2*1H;/q;;;+2/p-2. The zero-order valence-corrected chi connectivity index (χ0v) is 13.5. The summed E-state index contributed by atoms with van der Waals surface area (Å²) < 4.78 is 0. The molecule has 0 saturated carbocycles. The molecule has 1 rings (SSSR count). The average Bonchev–Trinajstić information content (AvgIpc) is 2.30. The Balaban J connectivity index is 0.000000873. The zero-order valence-electron chi connectivity index (χ0n) is 10.9. The summed E-state index contributed by atoms with van der Waals surface area (Å²) in [7, 11) is 9.53. The first kappa shape index (κ1) is 17.7. The van der Waals surface area contributed by atoms with E-state index in [9.17, 15) is 4.79 Å². The Bertz CT molecular complexity index is 419. The number of halogens is 2. The Labute approximate surface area is 123 Å². The van der Waals surface area contributed by atoms with Crippen LogP contribution in [0.2, 0.25) is 0 Å². The molecule has 0 spiro atoms. The number of ketones is 1. The van der Waals surface area contributed by atoms with Crippen LogP contribution in [0.15, 0.2) is 29.3 Å². The first-order valence-electron chi connectivity index (χ1n) is 5.44. The van der Waals surface area contributed by atoms with Crippen molar-refractivity contribution in [3.8, 4) is 0 Å². The fraction of sp³-hybridized carbons (Fsp3) is 0.385. The van der Waals surface area contributed by atoms with Gasteiger partial charge in [0.25, 0.3) is 0 Å². The van der Waals surface area contributed by atoms with E-state index in [1.807, 2.05) is 18.2 Å². The van der Waals surface area contributed by atoms with Crippen LogP contribution in [-0.2, 0) is 17.9 Å². The van der Waals surface area contributed by atoms with Crippen molar-refractivity contribution in [1.82, 2.24) is 0 Å². The van der Waals surface area contributed by atoms with Gasteiger partial charge in [-0.05, 0) is 24.5 Å². The predicted molar refractivity (Wildman–Crippen MR) is 75.7 cm³/mol. The third-order valence-electron chi connectivity index (χ3n) is 2.36. The summed E-state index contributed by atoms with van der Waals surface area (Å²) in [5.74, 6) is 0.443. The number of nitrogens with zero attached hydrogens (tertiary/aromatic N) is 1. The molecule has 0 atom stereocenters. The summed E-state index contributed by atoms with van der Waals surface area (Å²) in [6, 6.07) is 7.94. The van der Waals surface area contributed by atoms with Gasteiger partial charge in [-0.25, -0.2) is 4.99 Å². The van der Waals surface area contributed by atoms with E-state index in [2.05, 4.69) is 24.9 Å². The van der Waals surface area contributed by atoms with Crippen LogP contribution in [0.5, 0.6) is 0 Å². The molecular weight excluding hydrogens is 313 g/mol. The third-order valence-corrected chi connectivity index (χ3v) is 2.36. The van der Waals surface area contributed by atoms with Crippen molar-refractivity contribution in [2.24, 2.45) is 4.99 Å². The molecule has 0 aliphatic carbocycles. The second kappa shape index (κ2) is 9.57. The molecule has 5 heteroatoms. The maximum atomic E-state index is 11.1. The van der Waals surface area contributed by atoms with Crippen LogP contribution < -0.4 is 0 Å². The summed E-state index contributed by atoms with van der Waals surface area (Å²) in [4.78, 5) is 15.4. The SMILES string of the molecule is CC(=O)C(C)=Nc1ccccc1C(C)C.[Cl][Fe][Cl]. The van der Waals surface area contributed by atoms with Gasteiger partial charge in [0.05, 0.1) is 11.4 Å². The van der Waals surface area contributed by atoms with Gasteiger partial charge in [0, 0.05) is 6.92 Å². The van der Waals surface area contributed by atoms with Crippen molar-refractivity contribution in [3.05, 3.63) is 29.8 Å². The number of rotatable bonds is 3. The maximum absolute atomic E-state index is 11.1. The van der Waals surface area contributed by atoms with Gasteiger partial charge in [-0.2, -0.15) is 0 Å². The number of carbonyl (C=O) groups excluding carboxylic acids is 1. The molecule has 0 amide bonds. The molecule has 0 radical (unpaired) electrons. The topological polar surface area (TPSA) is 29.4 Å². The van der Waals surface area contributed by atoms with Gasteiger partial charge in [0.1, 0.15) is 0 Å². The van der Waals surface area contributed by atoms with Crippen LogP contribution in [0.1, 0.15) is 39.2 Å². The van der Waals surface area contributed by atoms with Crippen molar-refractivity contribution in [3.63, 3.8) is 0 Å². The van der Waals surface area contributed by atoms with Gasteiger partial charge in [-0.3, -0.25) is 4.79 Å². The van der Waals surface area contributed by atoms with E-state index in [1.54, 1.807) is 6.92 Å². The zero-order chi connectivity index (χ0) is 14.1. The van der Waals surface area contributed by atoms with E-state index in [4.69, 9.17) is 20.2 Å². The van der Waals surface area contributed by atoms with Gasteiger partial charge >= 0.3 is 33.3 Å². The predicted octanol–water partition coefficient (Wildman–Crippen LogP) is 4.87. The minimum atomic E-state index is 0.0218. The second-order valence-electron chi connectivity index (χ2n) is 4.02. The molecule has 0 N–H and O–H groups in total. The molecule has 0 heterocycles. The van der Waals surface area contributed by atoms with Crippen molar-refractivity contribution < 1.29 is 17.9 Å². The Kier molecular flexibility index (Phi) is 9.39. The quantitative estimate of drug-likeness (QED) is 0.574. The normalized spacial score (nSPS) is 11.2. The summed E-state index contributed by atoms with van der Waals surface area (Å²) in [5, 5.41) is 0. The number of para-hydroxylation sites is 1. The van der Waals surface area contributed by atoms with E-state index in [-0.39, 0.29) is 18.9 Å². The van der Waals surface area contributed by atoms with Crippen molar-refractivity contribution in [2.75, 3.05) is 0 Å². The molecule has 18 heavy (non-hydrogen) atoms. The van der Waals surface area contributed by atoms with Gasteiger partial charge in [-0.1, -0.05) is 32.0 Å². The average molecular weight is 330 g/mol. The Morgan fingerprint density at radius 2 is 1.72 bits per heavy atom. The van der Waals surface area contributed by atoms with Crippen molar-refractivity contribution in [2.45, 2.75) is 33.6 Å². The number of aliphatic imine (C=N–C) groups is 1. The fourth-order valence-corrected chi connectivity index (χ4v) is 1.34.